The Balaban J connectivity index is 1.55. The lowest BCUT2D eigenvalue weighted by Gasteiger charge is -2.43. The Morgan fingerprint density at radius 2 is 2.03 bits per heavy atom. The maximum Gasteiger partial charge on any atom is 0.132 e. The minimum atomic E-state index is -0.284. The van der Waals surface area contributed by atoms with Gasteiger partial charge in [0.2, 0.25) is 0 Å². The second kappa shape index (κ2) is 10.0. The average Bonchev–Trinajstić information content (AvgIpc) is 2.92. The molecular formula is C30H29FN4O3. The Kier molecular flexibility index (Phi) is 6.43. The number of ether oxygens (including phenoxy) is 1. The molecule has 0 aliphatic carbocycles. The molecule has 38 heavy (non-hydrogen) atoms. The van der Waals surface area contributed by atoms with Crippen LogP contribution in [-0.2, 0) is 4.74 Å². The van der Waals surface area contributed by atoms with Crippen LogP contribution in [0.1, 0.15) is 17.5 Å². The van der Waals surface area contributed by atoms with Crippen LogP contribution in [0.5, 0.6) is 5.75 Å². The zero-order valence-electron chi connectivity index (χ0n) is 21.1. The highest BCUT2D eigenvalue weighted by atomic mass is 19.1. The number of aromatic nitrogens is 1. The highest BCUT2D eigenvalue weighted by molar-refractivity contribution is 6.02. The number of rotatable bonds is 4. The quantitative estimate of drug-likeness (QED) is 0.200. The number of hydrogen-bond acceptors (Lipinski definition) is 7. The number of morpholine rings is 1. The summed E-state index contributed by atoms with van der Waals surface area (Å²) in [5.74, 6) is -0.256. The van der Waals surface area contributed by atoms with Crippen molar-refractivity contribution in [3.8, 4) is 28.0 Å². The Morgan fingerprint density at radius 1 is 1.13 bits per heavy atom. The third-order valence-corrected chi connectivity index (χ3v) is 7.47. The van der Waals surface area contributed by atoms with Gasteiger partial charge in [-0.1, -0.05) is 29.4 Å². The summed E-state index contributed by atoms with van der Waals surface area (Å²) in [4.78, 5) is 7.10. The largest absolute Gasteiger partial charge is 0.507 e. The van der Waals surface area contributed by atoms with E-state index < -0.39 is 0 Å². The molecule has 0 spiro atoms. The number of anilines is 1. The van der Waals surface area contributed by atoms with Gasteiger partial charge in [0.1, 0.15) is 11.6 Å². The van der Waals surface area contributed by atoms with Crippen LogP contribution >= 0.6 is 0 Å². The number of oxime groups is 1. The molecule has 8 heteroatoms. The molecule has 6 rings (SSSR count). The maximum absolute atomic E-state index is 14.5. The van der Waals surface area contributed by atoms with Crippen LogP contribution in [0, 0.1) is 12.7 Å². The van der Waals surface area contributed by atoms with Gasteiger partial charge in [0.05, 0.1) is 36.2 Å². The number of benzene rings is 3. The lowest BCUT2D eigenvalue weighted by Crippen LogP contribution is -2.58. The molecule has 2 saturated heterocycles. The first kappa shape index (κ1) is 24.3. The van der Waals surface area contributed by atoms with Crippen molar-refractivity contribution in [1.82, 2.24) is 10.3 Å². The zero-order chi connectivity index (χ0) is 26.2. The molecule has 3 N–H and O–H groups in total. The maximum atomic E-state index is 14.5. The minimum absolute atomic E-state index is 0.0282. The van der Waals surface area contributed by atoms with E-state index in [-0.39, 0.29) is 23.7 Å². The van der Waals surface area contributed by atoms with E-state index in [2.05, 4.69) is 15.4 Å². The molecule has 0 radical (unpaired) electrons. The molecule has 3 heterocycles. The van der Waals surface area contributed by atoms with Crippen LogP contribution in [0.15, 0.2) is 65.9 Å². The lowest BCUT2D eigenvalue weighted by atomic mass is 9.94. The predicted molar refractivity (Wildman–Crippen MR) is 147 cm³/mol. The number of aromatic hydroxyl groups is 1. The number of phenols is 1. The number of nitrogens with zero attached hydrogens (tertiary/aromatic N) is 3. The molecule has 0 amide bonds. The van der Waals surface area contributed by atoms with Crippen LogP contribution in [0.2, 0.25) is 0 Å². The molecular weight excluding hydrogens is 483 g/mol. The topological polar surface area (TPSA) is 90.2 Å². The van der Waals surface area contributed by atoms with Crippen LogP contribution in [0.25, 0.3) is 33.2 Å². The van der Waals surface area contributed by atoms with Crippen molar-refractivity contribution in [3.63, 3.8) is 0 Å². The summed E-state index contributed by atoms with van der Waals surface area (Å²) in [5, 5.41) is 27.5. The molecule has 2 aliphatic heterocycles. The molecule has 0 saturated carbocycles. The number of fused-ring (bicyclic) bond motifs is 2. The summed E-state index contributed by atoms with van der Waals surface area (Å²) in [6.07, 6.45) is 4.10. The van der Waals surface area contributed by atoms with E-state index in [1.807, 2.05) is 43.5 Å². The van der Waals surface area contributed by atoms with Gasteiger partial charge in [-0.25, -0.2) is 4.39 Å². The minimum Gasteiger partial charge on any atom is -0.507 e. The van der Waals surface area contributed by atoms with Gasteiger partial charge in [0, 0.05) is 47.9 Å². The van der Waals surface area contributed by atoms with Crippen LogP contribution in [0.4, 0.5) is 10.1 Å². The average molecular weight is 513 g/mol. The third kappa shape index (κ3) is 4.46. The summed E-state index contributed by atoms with van der Waals surface area (Å²) in [5.41, 5.74) is 6.10. The summed E-state index contributed by atoms with van der Waals surface area (Å²) < 4.78 is 20.6. The van der Waals surface area contributed by atoms with Crippen molar-refractivity contribution in [3.05, 3.63) is 77.7 Å². The fraction of sp³-hybridized carbons (Fsp3) is 0.267. The van der Waals surface area contributed by atoms with E-state index in [0.717, 1.165) is 71.5 Å². The molecule has 3 aromatic carbocycles. The SMILES string of the molecule is Cc1cc(F)cc(-c2cnc3ccc(-c4cccc(C=NO)c4O)cc3c2N2CC[C@H]3OCCN[C@@H]3C2)c1. The van der Waals surface area contributed by atoms with Gasteiger partial charge >= 0.3 is 0 Å². The van der Waals surface area contributed by atoms with Crippen molar-refractivity contribution in [2.75, 3.05) is 31.1 Å². The van der Waals surface area contributed by atoms with Crippen molar-refractivity contribution >= 4 is 22.8 Å². The number of piperidine rings is 1. The predicted octanol–water partition coefficient (Wildman–Crippen LogP) is 5.10. The Labute approximate surface area is 220 Å². The molecule has 1 aromatic heterocycles. The normalized spacial score (nSPS) is 19.7. The lowest BCUT2D eigenvalue weighted by molar-refractivity contribution is -0.0134. The van der Waals surface area contributed by atoms with E-state index >= 15 is 0 Å². The van der Waals surface area contributed by atoms with E-state index in [0.29, 0.717) is 11.1 Å². The second-order valence-electron chi connectivity index (χ2n) is 9.96. The van der Waals surface area contributed by atoms with Crippen molar-refractivity contribution < 1.29 is 19.4 Å². The van der Waals surface area contributed by atoms with Crippen molar-refractivity contribution in [1.29, 1.82) is 0 Å². The first-order valence-electron chi connectivity index (χ1n) is 12.8. The summed E-state index contributed by atoms with van der Waals surface area (Å²) in [7, 11) is 0. The van der Waals surface area contributed by atoms with Gasteiger partial charge in [-0.15, -0.1) is 0 Å². The zero-order valence-corrected chi connectivity index (χ0v) is 21.1. The van der Waals surface area contributed by atoms with Crippen molar-refractivity contribution in [2.45, 2.75) is 25.5 Å². The smallest absolute Gasteiger partial charge is 0.132 e. The number of phenolic OH excluding ortho intramolecular Hbond substituents is 1. The third-order valence-electron chi connectivity index (χ3n) is 7.47. The summed E-state index contributed by atoms with van der Waals surface area (Å²) >= 11 is 0. The van der Waals surface area contributed by atoms with Crippen LogP contribution < -0.4 is 10.2 Å². The van der Waals surface area contributed by atoms with Gasteiger partial charge in [-0.2, -0.15) is 0 Å². The highest BCUT2D eigenvalue weighted by Gasteiger charge is 2.33. The monoisotopic (exact) mass is 512 g/mol. The summed E-state index contributed by atoms with van der Waals surface area (Å²) in [6.45, 7) is 4.97. The molecule has 194 valence electrons. The van der Waals surface area contributed by atoms with Crippen LogP contribution in [-0.4, -0.2) is 59.9 Å². The van der Waals surface area contributed by atoms with E-state index in [4.69, 9.17) is 14.9 Å². The molecule has 0 unspecified atom stereocenters. The second-order valence-corrected chi connectivity index (χ2v) is 9.96. The number of nitrogens with one attached hydrogen (secondary N) is 1. The Morgan fingerprint density at radius 3 is 2.87 bits per heavy atom. The van der Waals surface area contributed by atoms with Gasteiger partial charge in [0.15, 0.2) is 0 Å². The standard InChI is InChI=1S/C30H29FN4O3/c1-18-11-21(13-22(31)12-18)25-16-33-26-6-5-19(23-4-2-3-20(15-34-37)30(23)36)14-24(26)29(25)35-9-7-28-27(17-35)32-8-10-38-28/h2-6,11-16,27-28,32,36-37H,7-10,17H2,1H3/t27-,28-/m1/s1. The molecule has 0 bridgehead atoms. The molecule has 2 aliphatic rings. The Hall–Kier alpha value is -4.01. The summed E-state index contributed by atoms with van der Waals surface area (Å²) in [6, 6.07) is 16.5. The van der Waals surface area contributed by atoms with Crippen LogP contribution in [0.3, 0.4) is 0 Å². The van der Waals surface area contributed by atoms with Gasteiger partial charge in [-0.3, -0.25) is 4.98 Å². The number of pyridine rings is 1. The first-order valence-corrected chi connectivity index (χ1v) is 12.8. The number of aryl methyl sites for hydroxylation is 1. The number of para-hydroxylation sites is 1. The highest BCUT2D eigenvalue weighted by Crippen LogP contribution is 2.41. The van der Waals surface area contributed by atoms with Crippen molar-refractivity contribution in [2.24, 2.45) is 5.16 Å². The molecule has 2 atom stereocenters. The van der Waals surface area contributed by atoms with E-state index in [1.165, 1.54) is 12.3 Å². The first-order chi connectivity index (χ1) is 18.5. The Bertz CT molecular complexity index is 1520. The van der Waals surface area contributed by atoms with Gasteiger partial charge in [0.25, 0.3) is 0 Å². The van der Waals surface area contributed by atoms with E-state index in [9.17, 15) is 9.50 Å². The van der Waals surface area contributed by atoms with Gasteiger partial charge < -0.3 is 25.3 Å². The fourth-order valence-electron chi connectivity index (χ4n) is 5.73. The molecule has 2 fully saturated rings. The van der Waals surface area contributed by atoms with Gasteiger partial charge in [-0.05, 0) is 60.4 Å². The molecule has 7 nitrogen and oxygen atoms in total. The van der Waals surface area contributed by atoms with E-state index in [1.54, 1.807) is 18.2 Å². The number of hydrogen-bond donors (Lipinski definition) is 3. The number of halogens is 1. The molecule has 4 aromatic rings. The fourth-order valence-corrected chi connectivity index (χ4v) is 5.73.